The van der Waals surface area contributed by atoms with Crippen LogP contribution in [0.15, 0.2) is 0 Å². The van der Waals surface area contributed by atoms with Gasteiger partial charge < -0.3 is 14.5 Å². The predicted molar refractivity (Wildman–Crippen MR) is 61.9 cm³/mol. The second-order valence-electron chi connectivity index (χ2n) is 3.60. The monoisotopic (exact) mass is 216 g/mol. The van der Waals surface area contributed by atoms with Crippen LogP contribution in [0.1, 0.15) is 20.8 Å². The molecule has 0 N–H and O–H groups in total. The Bertz CT molecular complexity index is 185. The molecule has 0 bridgehead atoms. The Morgan fingerprint density at radius 1 is 1.40 bits per heavy atom. The highest BCUT2D eigenvalue weighted by molar-refractivity contribution is 5.77. The molecule has 0 spiro atoms. The van der Waals surface area contributed by atoms with Gasteiger partial charge in [-0.3, -0.25) is 4.79 Å². The molecule has 0 saturated carbocycles. The summed E-state index contributed by atoms with van der Waals surface area (Å²) in [5.74, 6) is 0.0995. The van der Waals surface area contributed by atoms with Gasteiger partial charge in [-0.2, -0.15) is 0 Å². The third-order valence-corrected chi connectivity index (χ3v) is 2.58. The predicted octanol–water partition coefficient (Wildman–Crippen LogP) is 0.821. The number of piperazine rings is 1. The van der Waals surface area contributed by atoms with Crippen LogP contribution in [0.5, 0.6) is 0 Å². The molecule has 1 unspecified atom stereocenters. The zero-order valence-corrected chi connectivity index (χ0v) is 10.6. The average Bonchev–Trinajstić information content (AvgIpc) is 2.25. The van der Waals surface area contributed by atoms with E-state index in [1.807, 2.05) is 18.7 Å². The molecular formula is C11H24N2O2. The first-order valence-electron chi connectivity index (χ1n) is 5.62. The third kappa shape index (κ3) is 4.62. The van der Waals surface area contributed by atoms with E-state index in [0.29, 0.717) is 6.04 Å². The average molecular weight is 216 g/mol. The number of carbonyl (C=O) groups excluding carboxylic acids is 1. The van der Waals surface area contributed by atoms with Gasteiger partial charge in [-0.05, 0) is 14.0 Å². The van der Waals surface area contributed by atoms with Crippen LogP contribution in [0.3, 0.4) is 0 Å². The number of amides is 1. The number of hydrogen-bond acceptors (Lipinski definition) is 3. The van der Waals surface area contributed by atoms with Gasteiger partial charge in [0.05, 0.1) is 0 Å². The lowest BCUT2D eigenvalue weighted by molar-refractivity contribution is -0.137. The van der Waals surface area contributed by atoms with Crippen LogP contribution in [0.25, 0.3) is 0 Å². The standard InChI is InChI=1S/C9H18N2O2.C2H6/c1-8-6-11(5-4-10(8)2)9(12)7-13-3;1-2/h8H,4-7H2,1-3H3;1-2H3. The lowest BCUT2D eigenvalue weighted by Crippen LogP contribution is -2.52. The zero-order chi connectivity index (χ0) is 11.8. The summed E-state index contributed by atoms with van der Waals surface area (Å²) in [7, 11) is 3.64. The van der Waals surface area contributed by atoms with Gasteiger partial charge in [-0.25, -0.2) is 0 Å². The number of carbonyl (C=O) groups is 1. The largest absolute Gasteiger partial charge is 0.375 e. The second-order valence-corrected chi connectivity index (χ2v) is 3.60. The van der Waals surface area contributed by atoms with Crippen LogP contribution in [0.4, 0.5) is 0 Å². The maximum Gasteiger partial charge on any atom is 0.248 e. The van der Waals surface area contributed by atoms with Crippen LogP contribution in [-0.2, 0) is 9.53 Å². The molecule has 1 amide bonds. The van der Waals surface area contributed by atoms with E-state index in [4.69, 9.17) is 4.74 Å². The van der Waals surface area contributed by atoms with Crippen LogP contribution in [-0.4, -0.2) is 62.1 Å². The Hall–Kier alpha value is -0.610. The summed E-state index contributed by atoms with van der Waals surface area (Å²) in [5.41, 5.74) is 0. The first kappa shape index (κ1) is 14.4. The van der Waals surface area contributed by atoms with E-state index in [1.54, 1.807) is 7.11 Å². The van der Waals surface area contributed by atoms with E-state index < -0.39 is 0 Å². The smallest absolute Gasteiger partial charge is 0.248 e. The molecule has 1 atom stereocenters. The fraction of sp³-hybridized carbons (Fsp3) is 0.909. The molecule has 0 aromatic carbocycles. The van der Waals surface area contributed by atoms with Crippen LogP contribution < -0.4 is 0 Å². The maximum absolute atomic E-state index is 11.4. The van der Waals surface area contributed by atoms with E-state index in [0.717, 1.165) is 19.6 Å². The molecule has 0 aliphatic carbocycles. The van der Waals surface area contributed by atoms with Crippen molar-refractivity contribution in [1.82, 2.24) is 9.80 Å². The highest BCUT2D eigenvalue weighted by atomic mass is 16.5. The summed E-state index contributed by atoms with van der Waals surface area (Å²) in [4.78, 5) is 15.6. The van der Waals surface area contributed by atoms with Crippen molar-refractivity contribution in [1.29, 1.82) is 0 Å². The van der Waals surface area contributed by atoms with E-state index in [-0.39, 0.29) is 12.5 Å². The van der Waals surface area contributed by atoms with Gasteiger partial charge in [0.2, 0.25) is 5.91 Å². The minimum atomic E-state index is 0.0995. The van der Waals surface area contributed by atoms with Gasteiger partial charge in [0.25, 0.3) is 0 Å². The van der Waals surface area contributed by atoms with E-state index in [2.05, 4.69) is 18.9 Å². The maximum atomic E-state index is 11.4. The lowest BCUT2D eigenvalue weighted by Gasteiger charge is -2.37. The Labute approximate surface area is 93.2 Å². The summed E-state index contributed by atoms with van der Waals surface area (Å²) >= 11 is 0. The molecule has 1 saturated heterocycles. The molecule has 4 nitrogen and oxygen atoms in total. The van der Waals surface area contributed by atoms with Crippen molar-refractivity contribution in [3.63, 3.8) is 0 Å². The SMILES string of the molecule is CC.COCC(=O)N1CCN(C)C(C)C1. The molecule has 0 radical (unpaired) electrons. The molecule has 4 heteroatoms. The highest BCUT2D eigenvalue weighted by Crippen LogP contribution is 2.06. The fourth-order valence-corrected chi connectivity index (χ4v) is 1.49. The van der Waals surface area contributed by atoms with Crippen molar-refractivity contribution in [2.75, 3.05) is 40.4 Å². The molecular weight excluding hydrogens is 192 g/mol. The fourth-order valence-electron chi connectivity index (χ4n) is 1.49. The Kier molecular flexibility index (Phi) is 7.34. The van der Waals surface area contributed by atoms with Gasteiger partial charge in [0, 0.05) is 32.8 Å². The lowest BCUT2D eigenvalue weighted by atomic mass is 10.2. The van der Waals surface area contributed by atoms with Crippen LogP contribution in [0, 0.1) is 0 Å². The Balaban J connectivity index is 0.000000921. The molecule has 1 aliphatic heterocycles. The van der Waals surface area contributed by atoms with Crippen molar-refractivity contribution in [2.24, 2.45) is 0 Å². The van der Waals surface area contributed by atoms with Crippen LogP contribution >= 0.6 is 0 Å². The highest BCUT2D eigenvalue weighted by Gasteiger charge is 2.23. The molecule has 15 heavy (non-hydrogen) atoms. The molecule has 0 aromatic rings. The number of likely N-dealkylation sites (N-methyl/N-ethyl adjacent to an activating group) is 1. The van der Waals surface area contributed by atoms with E-state index in [9.17, 15) is 4.79 Å². The number of methoxy groups -OCH3 is 1. The molecule has 1 rings (SSSR count). The first-order chi connectivity index (χ1) is 7.15. The molecule has 0 aromatic heterocycles. The van der Waals surface area contributed by atoms with Crippen molar-refractivity contribution < 1.29 is 9.53 Å². The quantitative estimate of drug-likeness (QED) is 0.685. The summed E-state index contributed by atoms with van der Waals surface area (Å²) in [6, 6.07) is 0.453. The van der Waals surface area contributed by atoms with Gasteiger partial charge >= 0.3 is 0 Å². The zero-order valence-electron chi connectivity index (χ0n) is 10.6. The Morgan fingerprint density at radius 3 is 2.47 bits per heavy atom. The van der Waals surface area contributed by atoms with Crippen molar-refractivity contribution in [3.8, 4) is 0 Å². The summed E-state index contributed by atoms with van der Waals surface area (Å²) in [6.07, 6.45) is 0. The summed E-state index contributed by atoms with van der Waals surface area (Å²) in [6.45, 7) is 8.93. The number of rotatable bonds is 2. The van der Waals surface area contributed by atoms with Gasteiger partial charge in [-0.1, -0.05) is 13.8 Å². The van der Waals surface area contributed by atoms with Gasteiger partial charge in [0.15, 0.2) is 0 Å². The van der Waals surface area contributed by atoms with Crippen molar-refractivity contribution >= 4 is 5.91 Å². The first-order valence-corrected chi connectivity index (χ1v) is 5.62. The molecule has 90 valence electrons. The Morgan fingerprint density at radius 2 is 2.00 bits per heavy atom. The van der Waals surface area contributed by atoms with Crippen molar-refractivity contribution in [3.05, 3.63) is 0 Å². The van der Waals surface area contributed by atoms with Gasteiger partial charge in [-0.15, -0.1) is 0 Å². The third-order valence-electron chi connectivity index (χ3n) is 2.58. The second kappa shape index (κ2) is 7.65. The van der Waals surface area contributed by atoms with Gasteiger partial charge in [0.1, 0.15) is 6.61 Å². The number of ether oxygens (including phenoxy) is 1. The minimum absolute atomic E-state index is 0.0995. The van der Waals surface area contributed by atoms with Crippen LogP contribution in [0.2, 0.25) is 0 Å². The minimum Gasteiger partial charge on any atom is -0.375 e. The molecule has 1 heterocycles. The van der Waals surface area contributed by atoms with E-state index >= 15 is 0 Å². The number of nitrogens with zero attached hydrogens (tertiary/aromatic N) is 2. The number of hydrogen-bond donors (Lipinski definition) is 0. The molecule has 1 fully saturated rings. The van der Waals surface area contributed by atoms with Crippen molar-refractivity contribution in [2.45, 2.75) is 26.8 Å². The molecule has 1 aliphatic rings. The van der Waals surface area contributed by atoms with E-state index in [1.165, 1.54) is 0 Å². The topological polar surface area (TPSA) is 32.8 Å². The normalized spacial score (nSPS) is 21.9. The summed E-state index contributed by atoms with van der Waals surface area (Å²) in [5, 5.41) is 0. The summed E-state index contributed by atoms with van der Waals surface area (Å²) < 4.78 is 4.81.